The molecule has 0 saturated heterocycles. The molecule has 0 bridgehead atoms. The van der Waals surface area contributed by atoms with Crippen molar-refractivity contribution in [2.75, 3.05) is 0 Å². The Kier molecular flexibility index (Phi) is 3.13. The summed E-state index contributed by atoms with van der Waals surface area (Å²) in [6, 6.07) is 15.4. The van der Waals surface area contributed by atoms with Crippen LogP contribution in [0.3, 0.4) is 0 Å². The van der Waals surface area contributed by atoms with Gasteiger partial charge in [-0.15, -0.1) is 0 Å². The van der Waals surface area contributed by atoms with Gasteiger partial charge in [-0.25, -0.2) is 0 Å². The number of fused-ring (bicyclic) bond motifs is 1. The summed E-state index contributed by atoms with van der Waals surface area (Å²) in [7, 11) is 0. The fourth-order valence-corrected chi connectivity index (χ4v) is 3.50. The van der Waals surface area contributed by atoms with Gasteiger partial charge in [0.05, 0.1) is 0 Å². The smallest absolute Gasteiger partial charge is 0.0158 e. The highest BCUT2D eigenvalue weighted by molar-refractivity contribution is 5.92. The van der Waals surface area contributed by atoms with Crippen molar-refractivity contribution in [3.63, 3.8) is 0 Å². The molecule has 106 valence electrons. The quantitative estimate of drug-likeness (QED) is 0.670. The maximum Gasteiger partial charge on any atom is 0.0158 e. The van der Waals surface area contributed by atoms with E-state index in [1.165, 1.54) is 39.0 Å². The number of aryl methyl sites for hydroxylation is 2. The molecule has 2 aromatic carbocycles. The minimum Gasteiger partial charge on any atom is -0.0987 e. The number of hydrogen-bond acceptors (Lipinski definition) is 0. The number of allylic oxidation sites excluding steroid dienone is 2. The standard InChI is InChI=1S/C21H22/c1-6-18-20(16-10-8-7-9-15(16)3)17-12-11-14(2)13-19(17)21(18,4)5/h6-13H,1H2,2-5H3. The Balaban J connectivity index is 2.37. The summed E-state index contributed by atoms with van der Waals surface area (Å²) < 4.78 is 0. The topological polar surface area (TPSA) is 0 Å². The maximum absolute atomic E-state index is 4.09. The van der Waals surface area contributed by atoms with Crippen LogP contribution >= 0.6 is 0 Å². The van der Waals surface area contributed by atoms with Gasteiger partial charge in [0.2, 0.25) is 0 Å². The molecule has 0 unspecified atom stereocenters. The van der Waals surface area contributed by atoms with Crippen LogP contribution in [0.4, 0.5) is 0 Å². The first-order chi connectivity index (χ1) is 9.96. The van der Waals surface area contributed by atoms with Crippen LogP contribution in [0, 0.1) is 13.8 Å². The molecule has 0 nitrogen and oxygen atoms in total. The molecular formula is C21H22. The van der Waals surface area contributed by atoms with Crippen LogP contribution in [0.1, 0.15) is 41.7 Å². The van der Waals surface area contributed by atoms with Crippen molar-refractivity contribution in [3.8, 4) is 0 Å². The molecule has 0 radical (unpaired) electrons. The molecule has 0 N–H and O–H groups in total. The predicted molar refractivity (Wildman–Crippen MR) is 91.6 cm³/mol. The third-order valence-corrected chi connectivity index (χ3v) is 4.68. The van der Waals surface area contributed by atoms with Gasteiger partial charge in [-0.1, -0.05) is 74.5 Å². The van der Waals surface area contributed by atoms with Gasteiger partial charge in [0.15, 0.2) is 0 Å². The SMILES string of the molecule is C=CC1=C(c2ccccc2C)c2ccc(C)cc2C1(C)C. The van der Waals surface area contributed by atoms with E-state index in [-0.39, 0.29) is 5.41 Å². The molecule has 0 amide bonds. The Morgan fingerprint density at radius 2 is 1.67 bits per heavy atom. The van der Waals surface area contributed by atoms with Crippen LogP contribution in [0.25, 0.3) is 5.57 Å². The first-order valence-corrected chi connectivity index (χ1v) is 7.51. The van der Waals surface area contributed by atoms with Gasteiger partial charge < -0.3 is 0 Å². The van der Waals surface area contributed by atoms with Crippen molar-refractivity contribution in [2.24, 2.45) is 0 Å². The molecule has 0 heteroatoms. The summed E-state index contributed by atoms with van der Waals surface area (Å²) in [6.45, 7) is 13.0. The van der Waals surface area contributed by atoms with Crippen molar-refractivity contribution in [3.05, 3.63) is 88.5 Å². The second-order valence-electron chi connectivity index (χ2n) is 6.48. The Bertz CT molecular complexity index is 757. The molecule has 0 saturated carbocycles. The molecule has 0 heterocycles. The van der Waals surface area contributed by atoms with Gasteiger partial charge in [-0.2, -0.15) is 0 Å². The second-order valence-corrected chi connectivity index (χ2v) is 6.48. The Morgan fingerprint density at radius 3 is 2.33 bits per heavy atom. The van der Waals surface area contributed by atoms with Crippen molar-refractivity contribution in [1.82, 2.24) is 0 Å². The molecule has 0 spiro atoms. The van der Waals surface area contributed by atoms with Gasteiger partial charge in [0, 0.05) is 5.41 Å². The molecule has 0 fully saturated rings. The minimum atomic E-state index is 0.0146. The van der Waals surface area contributed by atoms with Gasteiger partial charge >= 0.3 is 0 Å². The number of rotatable bonds is 2. The minimum absolute atomic E-state index is 0.0146. The van der Waals surface area contributed by atoms with Gasteiger partial charge in [-0.3, -0.25) is 0 Å². The van der Waals surface area contributed by atoms with E-state index in [0.717, 1.165) is 0 Å². The molecule has 0 aromatic heterocycles. The van der Waals surface area contributed by atoms with E-state index in [2.05, 4.69) is 76.7 Å². The van der Waals surface area contributed by atoms with Crippen molar-refractivity contribution >= 4 is 5.57 Å². The van der Waals surface area contributed by atoms with E-state index >= 15 is 0 Å². The van der Waals surface area contributed by atoms with E-state index in [0.29, 0.717) is 0 Å². The lowest BCUT2D eigenvalue weighted by molar-refractivity contribution is 0.654. The Morgan fingerprint density at radius 1 is 0.952 bits per heavy atom. The van der Waals surface area contributed by atoms with E-state index in [9.17, 15) is 0 Å². The van der Waals surface area contributed by atoms with Crippen molar-refractivity contribution < 1.29 is 0 Å². The highest BCUT2D eigenvalue weighted by atomic mass is 14.4. The molecule has 1 aliphatic carbocycles. The van der Waals surface area contributed by atoms with Gasteiger partial charge in [0.1, 0.15) is 0 Å². The summed E-state index contributed by atoms with van der Waals surface area (Å²) in [5.41, 5.74) is 9.42. The highest BCUT2D eigenvalue weighted by Gasteiger charge is 2.36. The second kappa shape index (κ2) is 4.73. The van der Waals surface area contributed by atoms with Crippen LogP contribution in [-0.2, 0) is 5.41 Å². The fourth-order valence-electron chi connectivity index (χ4n) is 3.50. The van der Waals surface area contributed by atoms with E-state index in [1.807, 2.05) is 6.08 Å². The van der Waals surface area contributed by atoms with E-state index in [4.69, 9.17) is 0 Å². The van der Waals surface area contributed by atoms with Crippen molar-refractivity contribution in [1.29, 1.82) is 0 Å². The predicted octanol–water partition coefficient (Wildman–Crippen LogP) is 5.58. The average Bonchev–Trinajstić information content (AvgIpc) is 2.67. The zero-order valence-corrected chi connectivity index (χ0v) is 13.3. The monoisotopic (exact) mass is 274 g/mol. The number of hydrogen-bond donors (Lipinski definition) is 0. The van der Waals surface area contributed by atoms with Gasteiger partial charge in [0.25, 0.3) is 0 Å². The lowest BCUT2D eigenvalue weighted by Crippen LogP contribution is -2.16. The third-order valence-electron chi connectivity index (χ3n) is 4.68. The lowest BCUT2D eigenvalue weighted by atomic mass is 9.80. The first-order valence-electron chi connectivity index (χ1n) is 7.51. The molecule has 0 atom stereocenters. The molecule has 21 heavy (non-hydrogen) atoms. The van der Waals surface area contributed by atoms with E-state index < -0.39 is 0 Å². The molecule has 2 aromatic rings. The van der Waals surface area contributed by atoms with Crippen molar-refractivity contribution in [2.45, 2.75) is 33.1 Å². The lowest BCUT2D eigenvalue weighted by Gasteiger charge is -2.23. The average molecular weight is 274 g/mol. The third kappa shape index (κ3) is 1.98. The zero-order chi connectivity index (χ0) is 15.2. The van der Waals surface area contributed by atoms with Crippen LogP contribution in [-0.4, -0.2) is 0 Å². The van der Waals surface area contributed by atoms with Crippen LogP contribution < -0.4 is 0 Å². The van der Waals surface area contributed by atoms with E-state index in [1.54, 1.807) is 0 Å². The van der Waals surface area contributed by atoms with Crippen LogP contribution in [0.5, 0.6) is 0 Å². The summed E-state index contributed by atoms with van der Waals surface area (Å²) >= 11 is 0. The molecule has 0 aliphatic heterocycles. The highest BCUT2D eigenvalue weighted by Crippen LogP contribution is 2.49. The molecule has 3 rings (SSSR count). The van der Waals surface area contributed by atoms with Crippen LogP contribution in [0.15, 0.2) is 60.7 Å². The molecule has 1 aliphatic rings. The molecular weight excluding hydrogens is 252 g/mol. The summed E-state index contributed by atoms with van der Waals surface area (Å²) in [4.78, 5) is 0. The fraction of sp³-hybridized carbons (Fsp3) is 0.238. The summed E-state index contributed by atoms with van der Waals surface area (Å²) in [5.74, 6) is 0. The maximum atomic E-state index is 4.09. The van der Waals surface area contributed by atoms with Crippen LogP contribution in [0.2, 0.25) is 0 Å². The normalized spacial score (nSPS) is 16.0. The number of benzene rings is 2. The Hall–Kier alpha value is -2.08. The largest absolute Gasteiger partial charge is 0.0987 e. The summed E-state index contributed by atoms with van der Waals surface area (Å²) in [5, 5.41) is 0. The first kappa shape index (κ1) is 13.9. The zero-order valence-electron chi connectivity index (χ0n) is 13.3. The summed E-state index contributed by atoms with van der Waals surface area (Å²) in [6.07, 6.45) is 2.04. The van der Waals surface area contributed by atoms with Gasteiger partial charge in [-0.05, 0) is 47.2 Å². The Labute approximate surface area is 127 Å².